The maximum absolute atomic E-state index is 13.7. The average Bonchev–Trinajstić information content (AvgIpc) is 3.54. The van der Waals surface area contributed by atoms with Crippen LogP contribution in [0.1, 0.15) is 41.4 Å². The van der Waals surface area contributed by atoms with Gasteiger partial charge in [-0.05, 0) is 49.1 Å². The molecule has 7 nitrogen and oxygen atoms in total. The van der Waals surface area contributed by atoms with Gasteiger partial charge in [0.15, 0.2) is 5.65 Å². The SMILES string of the molecule is CC(C)n1ncc2c(C(=O)N3CCN(Cc4ccc(C#N)cc4)CC3)cc(-c3cccs3)nc21. The van der Waals surface area contributed by atoms with Gasteiger partial charge in [-0.1, -0.05) is 18.2 Å². The summed E-state index contributed by atoms with van der Waals surface area (Å²) in [6.07, 6.45) is 1.77. The van der Waals surface area contributed by atoms with E-state index in [9.17, 15) is 4.79 Å². The number of thiophene rings is 1. The number of carbonyl (C=O) groups excluding carboxylic acids is 1. The quantitative estimate of drug-likeness (QED) is 0.427. The van der Waals surface area contributed by atoms with Gasteiger partial charge in [-0.15, -0.1) is 11.3 Å². The number of hydrogen-bond acceptors (Lipinski definition) is 6. The first-order valence-corrected chi connectivity index (χ1v) is 12.3. The summed E-state index contributed by atoms with van der Waals surface area (Å²) in [6.45, 7) is 7.92. The number of nitriles is 1. The Kier molecular flexibility index (Phi) is 6.14. The van der Waals surface area contributed by atoms with Crippen molar-refractivity contribution in [1.82, 2.24) is 24.6 Å². The fourth-order valence-corrected chi connectivity index (χ4v) is 5.03. The Hall–Kier alpha value is -3.54. The second-order valence-electron chi connectivity index (χ2n) is 8.83. The first-order chi connectivity index (χ1) is 16.5. The van der Waals surface area contributed by atoms with Crippen LogP contribution in [0.2, 0.25) is 0 Å². The number of benzene rings is 1. The van der Waals surface area contributed by atoms with Gasteiger partial charge in [0.2, 0.25) is 0 Å². The van der Waals surface area contributed by atoms with Crippen LogP contribution < -0.4 is 0 Å². The van der Waals surface area contributed by atoms with E-state index in [0.717, 1.165) is 41.2 Å². The Labute approximate surface area is 202 Å². The normalized spacial score (nSPS) is 14.6. The molecule has 0 N–H and O–H groups in total. The van der Waals surface area contributed by atoms with E-state index in [0.29, 0.717) is 24.2 Å². The van der Waals surface area contributed by atoms with E-state index in [2.05, 4.69) is 29.9 Å². The molecule has 5 rings (SSSR count). The molecule has 1 fully saturated rings. The largest absolute Gasteiger partial charge is 0.336 e. The minimum Gasteiger partial charge on any atom is -0.336 e. The van der Waals surface area contributed by atoms with Crippen molar-refractivity contribution in [2.45, 2.75) is 26.4 Å². The highest BCUT2D eigenvalue weighted by atomic mass is 32.1. The van der Waals surface area contributed by atoms with Crippen molar-refractivity contribution >= 4 is 28.3 Å². The van der Waals surface area contributed by atoms with Crippen molar-refractivity contribution < 1.29 is 4.79 Å². The van der Waals surface area contributed by atoms with Crippen LogP contribution in [0.15, 0.2) is 54.0 Å². The van der Waals surface area contributed by atoms with E-state index < -0.39 is 0 Å². The number of rotatable bonds is 5. The third-order valence-electron chi connectivity index (χ3n) is 6.21. The van der Waals surface area contributed by atoms with Crippen LogP contribution in [-0.2, 0) is 6.54 Å². The molecule has 1 aromatic carbocycles. The molecule has 1 aliphatic rings. The van der Waals surface area contributed by atoms with E-state index in [-0.39, 0.29) is 11.9 Å². The third-order valence-corrected chi connectivity index (χ3v) is 7.10. The predicted molar refractivity (Wildman–Crippen MR) is 134 cm³/mol. The lowest BCUT2D eigenvalue weighted by Crippen LogP contribution is -2.48. The van der Waals surface area contributed by atoms with Crippen molar-refractivity contribution in [2.24, 2.45) is 0 Å². The summed E-state index contributed by atoms with van der Waals surface area (Å²) in [5, 5.41) is 16.3. The fraction of sp³-hybridized carbons (Fsp3) is 0.308. The number of amides is 1. The van der Waals surface area contributed by atoms with Gasteiger partial charge in [-0.3, -0.25) is 9.69 Å². The van der Waals surface area contributed by atoms with Crippen LogP contribution in [-0.4, -0.2) is 56.7 Å². The molecule has 1 aliphatic heterocycles. The first-order valence-electron chi connectivity index (χ1n) is 11.5. The Balaban J connectivity index is 1.36. The van der Waals surface area contributed by atoms with Crippen LogP contribution in [0.3, 0.4) is 0 Å². The van der Waals surface area contributed by atoms with Gasteiger partial charge in [0.1, 0.15) is 0 Å². The van der Waals surface area contributed by atoms with Crippen LogP contribution in [0, 0.1) is 11.3 Å². The van der Waals surface area contributed by atoms with Crippen molar-refractivity contribution in [3.8, 4) is 16.6 Å². The Morgan fingerprint density at radius 2 is 1.91 bits per heavy atom. The molecular weight excluding hydrogens is 444 g/mol. The minimum absolute atomic E-state index is 0.0338. The number of aromatic nitrogens is 3. The number of hydrogen-bond donors (Lipinski definition) is 0. The predicted octanol–water partition coefficient (Wildman–Crippen LogP) is 4.57. The molecule has 0 aliphatic carbocycles. The lowest BCUT2D eigenvalue weighted by Gasteiger charge is -2.35. The fourth-order valence-electron chi connectivity index (χ4n) is 4.35. The number of nitrogens with zero attached hydrogens (tertiary/aromatic N) is 6. The van der Waals surface area contributed by atoms with Gasteiger partial charge in [-0.25, -0.2) is 9.67 Å². The lowest BCUT2D eigenvalue weighted by molar-refractivity contribution is 0.0630. The smallest absolute Gasteiger partial charge is 0.254 e. The standard InChI is InChI=1S/C26H26N6OS/c1-18(2)32-25-22(16-28-32)21(14-23(29-25)24-4-3-13-34-24)26(33)31-11-9-30(10-12-31)17-20-7-5-19(15-27)6-8-20/h3-8,13-14,16,18H,9-12,17H2,1-2H3. The van der Waals surface area contributed by atoms with Gasteiger partial charge < -0.3 is 4.90 Å². The van der Waals surface area contributed by atoms with E-state index in [4.69, 9.17) is 10.2 Å². The Morgan fingerprint density at radius 3 is 2.56 bits per heavy atom. The summed E-state index contributed by atoms with van der Waals surface area (Å²) in [6, 6.07) is 16.0. The minimum atomic E-state index is 0.0338. The van der Waals surface area contributed by atoms with Crippen molar-refractivity contribution in [2.75, 3.05) is 26.2 Å². The highest BCUT2D eigenvalue weighted by Gasteiger charge is 2.26. The molecule has 0 bridgehead atoms. The highest BCUT2D eigenvalue weighted by molar-refractivity contribution is 7.13. The second-order valence-corrected chi connectivity index (χ2v) is 9.78. The molecule has 3 aromatic heterocycles. The average molecular weight is 471 g/mol. The second kappa shape index (κ2) is 9.37. The van der Waals surface area contributed by atoms with Crippen LogP contribution >= 0.6 is 11.3 Å². The summed E-state index contributed by atoms with van der Waals surface area (Å²) in [5.74, 6) is 0.0338. The third kappa shape index (κ3) is 4.32. The maximum atomic E-state index is 13.7. The summed E-state index contributed by atoms with van der Waals surface area (Å²) < 4.78 is 1.89. The summed E-state index contributed by atoms with van der Waals surface area (Å²) in [5.41, 5.74) is 4.08. The highest BCUT2D eigenvalue weighted by Crippen LogP contribution is 2.29. The Morgan fingerprint density at radius 1 is 1.15 bits per heavy atom. The molecule has 0 unspecified atom stereocenters. The first kappa shape index (κ1) is 22.3. The van der Waals surface area contributed by atoms with Crippen molar-refractivity contribution in [3.05, 3.63) is 70.7 Å². The molecular formula is C26H26N6OS. The number of pyridine rings is 1. The van der Waals surface area contributed by atoms with E-state index >= 15 is 0 Å². The number of carbonyl (C=O) groups is 1. The molecule has 0 saturated carbocycles. The van der Waals surface area contributed by atoms with Gasteiger partial charge >= 0.3 is 0 Å². The van der Waals surface area contributed by atoms with Gasteiger partial charge in [0.25, 0.3) is 5.91 Å². The van der Waals surface area contributed by atoms with Crippen LogP contribution in [0.5, 0.6) is 0 Å². The maximum Gasteiger partial charge on any atom is 0.254 e. The molecule has 4 heterocycles. The molecule has 0 radical (unpaired) electrons. The molecule has 1 saturated heterocycles. The zero-order chi connectivity index (χ0) is 23.7. The topological polar surface area (TPSA) is 78.0 Å². The molecule has 34 heavy (non-hydrogen) atoms. The van der Waals surface area contributed by atoms with E-state index in [1.165, 1.54) is 5.56 Å². The van der Waals surface area contributed by atoms with E-state index in [1.54, 1.807) is 17.5 Å². The van der Waals surface area contributed by atoms with Gasteiger partial charge in [-0.2, -0.15) is 10.4 Å². The summed E-state index contributed by atoms with van der Waals surface area (Å²) in [4.78, 5) is 23.9. The zero-order valence-electron chi connectivity index (χ0n) is 19.3. The molecule has 1 amide bonds. The van der Waals surface area contributed by atoms with Crippen LogP contribution in [0.25, 0.3) is 21.6 Å². The molecule has 0 atom stereocenters. The van der Waals surface area contributed by atoms with Crippen LogP contribution in [0.4, 0.5) is 0 Å². The molecule has 0 spiro atoms. The molecule has 8 heteroatoms. The number of piperazine rings is 1. The summed E-state index contributed by atoms with van der Waals surface area (Å²) >= 11 is 1.62. The number of fused-ring (bicyclic) bond motifs is 1. The van der Waals surface area contributed by atoms with Gasteiger partial charge in [0.05, 0.1) is 39.4 Å². The van der Waals surface area contributed by atoms with E-state index in [1.807, 2.05) is 57.4 Å². The van der Waals surface area contributed by atoms with Crippen molar-refractivity contribution in [1.29, 1.82) is 5.26 Å². The zero-order valence-corrected chi connectivity index (χ0v) is 20.1. The monoisotopic (exact) mass is 470 g/mol. The Bertz CT molecular complexity index is 1340. The summed E-state index contributed by atoms with van der Waals surface area (Å²) in [7, 11) is 0. The molecule has 4 aromatic rings. The van der Waals surface area contributed by atoms with Gasteiger partial charge in [0, 0.05) is 38.8 Å². The lowest BCUT2D eigenvalue weighted by atomic mass is 10.1. The van der Waals surface area contributed by atoms with Crippen molar-refractivity contribution in [3.63, 3.8) is 0 Å². The molecule has 172 valence electrons.